The van der Waals surface area contributed by atoms with Gasteiger partial charge in [0.05, 0.1) is 5.69 Å². The number of aromatic nitrogens is 4. The maximum absolute atomic E-state index is 13.5. The molecule has 2 aromatic heterocycles. The van der Waals surface area contributed by atoms with E-state index in [1.165, 1.54) is 17.8 Å². The lowest BCUT2D eigenvalue weighted by atomic mass is 9.95. The minimum Gasteiger partial charge on any atom is -0.337 e. The molecular formula is C23H26N6O2S. The maximum Gasteiger partial charge on any atom is 0.274 e. The van der Waals surface area contributed by atoms with Crippen molar-refractivity contribution in [3.05, 3.63) is 47.2 Å². The van der Waals surface area contributed by atoms with Crippen LogP contribution >= 0.6 is 11.3 Å². The van der Waals surface area contributed by atoms with Gasteiger partial charge in [0.2, 0.25) is 11.0 Å². The fraction of sp³-hybridized carbons (Fsp3) is 0.435. The molecule has 1 saturated heterocycles. The zero-order chi connectivity index (χ0) is 21.9. The summed E-state index contributed by atoms with van der Waals surface area (Å²) in [6.07, 6.45) is 5.50. The van der Waals surface area contributed by atoms with Crippen LogP contribution in [0.4, 0.5) is 5.13 Å². The van der Waals surface area contributed by atoms with Crippen LogP contribution in [0.1, 0.15) is 48.3 Å². The Morgan fingerprint density at radius 2 is 1.84 bits per heavy atom. The molecule has 0 saturated carbocycles. The molecular weight excluding hydrogens is 424 g/mol. The van der Waals surface area contributed by atoms with E-state index < -0.39 is 0 Å². The average Bonchev–Trinajstić information content (AvgIpc) is 3.40. The molecule has 0 radical (unpaired) electrons. The Kier molecular flexibility index (Phi) is 5.98. The van der Waals surface area contributed by atoms with Gasteiger partial charge in [-0.3, -0.25) is 9.59 Å². The summed E-state index contributed by atoms with van der Waals surface area (Å²) in [7, 11) is 0. The Morgan fingerprint density at radius 3 is 2.59 bits per heavy atom. The molecule has 0 unspecified atom stereocenters. The molecule has 0 atom stereocenters. The summed E-state index contributed by atoms with van der Waals surface area (Å²) in [5.74, 6) is 0.705. The predicted molar refractivity (Wildman–Crippen MR) is 122 cm³/mol. The third-order valence-electron chi connectivity index (χ3n) is 6.35. The number of piperidine rings is 1. The Morgan fingerprint density at radius 1 is 1.03 bits per heavy atom. The van der Waals surface area contributed by atoms with Crippen molar-refractivity contribution in [3.8, 4) is 11.4 Å². The first-order valence-corrected chi connectivity index (χ1v) is 12.1. The Hall–Kier alpha value is -3.07. The zero-order valence-electron chi connectivity index (χ0n) is 17.9. The number of carbonyl (C=O) groups excluding carboxylic acids is 2. The lowest BCUT2D eigenvalue weighted by Gasteiger charge is -2.31. The van der Waals surface area contributed by atoms with Gasteiger partial charge in [-0.2, -0.15) is 0 Å². The summed E-state index contributed by atoms with van der Waals surface area (Å²) < 4.78 is 2.25. The van der Waals surface area contributed by atoms with Crippen LogP contribution in [0.15, 0.2) is 35.8 Å². The summed E-state index contributed by atoms with van der Waals surface area (Å²) in [6.45, 7) is 2.01. The monoisotopic (exact) mass is 450 g/mol. The summed E-state index contributed by atoms with van der Waals surface area (Å²) >= 11 is 1.30. The van der Waals surface area contributed by atoms with Gasteiger partial charge in [-0.1, -0.05) is 48.1 Å². The van der Waals surface area contributed by atoms with E-state index in [1.807, 2.05) is 23.1 Å². The quantitative estimate of drug-likeness (QED) is 0.655. The van der Waals surface area contributed by atoms with Gasteiger partial charge >= 0.3 is 0 Å². The first kappa shape index (κ1) is 20.8. The fourth-order valence-corrected chi connectivity index (χ4v) is 5.08. The third kappa shape index (κ3) is 4.17. The Labute approximate surface area is 190 Å². The van der Waals surface area contributed by atoms with Gasteiger partial charge in [0.15, 0.2) is 0 Å². The van der Waals surface area contributed by atoms with Gasteiger partial charge in [-0.25, -0.2) is 4.98 Å². The van der Waals surface area contributed by atoms with Crippen molar-refractivity contribution in [3.63, 3.8) is 0 Å². The first-order valence-electron chi connectivity index (χ1n) is 11.2. The van der Waals surface area contributed by atoms with E-state index in [0.717, 1.165) is 42.9 Å². The van der Waals surface area contributed by atoms with E-state index in [1.54, 1.807) is 5.51 Å². The first-order chi connectivity index (χ1) is 15.7. The Balaban J connectivity index is 1.33. The number of benzene rings is 1. The van der Waals surface area contributed by atoms with Gasteiger partial charge in [0.25, 0.3) is 5.91 Å². The number of hydrogen-bond donors (Lipinski definition) is 1. The van der Waals surface area contributed by atoms with Crippen molar-refractivity contribution >= 4 is 28.3 Å². The van der Waals surface area contributed by atoms with Gasteiger partial charge in [0, 0.05) is 31.1 Å². The minimum atomic E-state index is -0.123. The van der Waals surface area contributed by atoms with E-state index >= 15 is 0 Å². The lowest BCUT2D eigenvalue weighted by molar-refractivity contribution is -0.121. The number of amides is 2. The number of rotatable bonds is 4. The number of nitrogens with one attached hydrogen (secondary N) is 1. The second-order valence-corrected chi connectivity index (χ2v) is 9.19. The van der Waals surface area contributed by atoms with Gasteiger partial charge in [-0.05, 0) is 32.1 Å². The molecule has 2 amide bonds. The van der Waals surface area contributed by atoms with Crippen LogP contribution in [0.25, 0.3) is 11.4 Å². The number of anilines is 1. The summed E-state index contributed by atoms with van der Waals surface area (Å²) in [5, 5.41) is 11.0. The molecule has 32 heavy (non-hydrogen) atoms. The highest BCUT2D eigenvalue weighted by Crippen LogP contribution is 2.29. The zero-order valence-corrected chi connectivity index (χ0v) is 18.7. The number of carbonyl (C=O) groups is 2. The number of imidazole rings is 1. The smallest absolute Gasteiger partial charge is 0.274 e. The molecule has 1 aromatic carbocycles. The number of hydrogen-bond acceptors (Lipinski definition) is 6. The topological polar surface area (TPSA) is 93.0 Å². The molecule has 166 valence electrons. The highest BCUT2D eigenvalue weighted by Gasteiger charge is 2.32. The van der Waals surface area contributed by atoms with Gasteiger partial charge in [0.1, 0.15) is 17.0 Å². The van der Waals surface area contributed by atoms with E-state index in [2.05, 4.69) is 32.2 Å². The largest absolute Gasteiger partial charge is 0.337 e. The van der Waals surface area contributed by atoms with Crippen molar-refractivity contribution in [2.45, 2.75) is 45.1 Å². The summed E-state index contributed by atoms with van der Waals surface area (Å²) in [6, 6.07) is 10.1. The van der Waals surface area contributed by atoms with E-state index in [9.17, 15) is 9.59 Å². The summed E-state index contributed by atoms with van der Waals surface area (Å²) in [5.41, 5.74) is 4.28. The van der Waals surface area contributed by atoms with Crippen molar-refractivity contribution < 1.29 is 9.59 Å². The maximum atomic E-state index is 13.5. The van der Waals surface area contributed by atoms with Crippen molar-refractivity contribution in [2.24, 2.45) is 5.92 Å². The van der Waals surface area contributed by atoms with Crippen LogP contribution in [0, 0.1) is 5.92 Å². The normalized spacial score (nSPS) is 16.9. The highest BCUT2D eigenvalue weighted by molar-refractivity contribution is 7.13. The van der Waals surface area contributed by atoms with Crippen LogP contribution in [0.3, 0.4) is 0 Å². The molecule has 0 aliphatic carbocycles. The molecule has 3 aromatic rings. The predicted octanol–water partition coefficient (Wildman–Crippen LogP) is 3.62. The molecule has 2 aliphatic heterocycles. The number of fused-ring (bicyclic) bond motifs is 1. The lowest BCUT2D eigenvalue weighted by Crippen LogP contribution is -2.42. The molecule has 2 aliphatic rings. The van der Waals surface area contributed by atoms with Crippen LogP contribution in [0.5, 0.6) is 0 Å². The fourth-order valence-electron chi connectivity index (χ4n) is 4.63. The van der Waals surface area contributed by atoms with Crippen molar-refractivity contribution in [1.29, 1.82) is 0 Å². The SMILES string of the molecule is O=C(Nc1nncs1)C1CCN(C(=O)c2nc(-c3ccccc3)n3c2CCCCC3)CC1. The van der Waals surface area contributed by atoms with Crippen LogP contribution in [-0.2, 0) is 17.8 Å². The number of likely N-dealkylation sites (tertiary alicyclic amines) is 1. The molecule has 4 heterocycles. The molecule has 9 heteroatoms. The molecule has 8 nitrogen and oxygen atoms in total. The standard InChI is InChI=1S/C23H26N6O2S/c30-21(26-23-27-24-15-32-23)17-10-13-28(14-11-17)22(31)19-18-9-5-2-6-12-29(18)20(25-19)16-7-3-1-4-8-16/h1,3-4,7-8,15,17H,2,5-6,9-14H2,(H,26,27,30). The highest BCUT2D eigenvalue weighted by atomic mass is 32.1. The Bertz CT molecular complexity index is 1090. The van der Waals surface area contributed by atoms with E-state index in [4.69, 9.17) is 4.98 Å². The molecule has 1 N–H and O–H groups in total. The molecule has 0 spiro atoms. The average molecular weight is 451 g/mol. The van der Waals surface area contributed by atoms with Gasteiger partial charge in [-0.15, -0.1) is 10.2 Å². The van der Waals surface area contributed by atoms with Crippen molar-refractivity contribution in [2.75, 3.05) is 18.4 Å². The minimum absolute atomic E-state index is 0.0131. The van der Waals surface area contributed by atoms with Crippen molar-refractivity contribution in [1.82, 2.24) is 24.6 Å². The second kappa shape index (κ2) is 9.20. The molecule has 1 fully saturated rings. The molecule has 5 rings (SSSR count). The van der Waals surface area contributed by atoms with E-state index in [0.29, 0.717) is 36.8 Å². The van der Waals surface area contributed by atoms with E-state index in [-0.39, 0.29) is 17.7 Å². The summed E-state index contributed by atoms with van der Waals surface area (Å²) in [4.78, 5) is 32.7. The van der Waals surface area contributed by atoms with Crippen LogP contribution in [0.2, 0.25) is 0 Å². The third-order valence-corrected chi connectivity index (χ3v) is 6.95. The van der Waals surface area contributed by atoms with Gasteiger partial charge < -0.3 is 14.8 Å². The van der Waals surface area contributed by atoms with Crippen LogP contribution in [-0.4, -0.2) is 49.6 Å². The second-order valence-electron chi connectivity index (χ2n) is 8.36. The van der Waals surface area contributed by atoms with Crippen LogP contribution < -0.4 is 5.32 Å². The molecule has 0 bridgehead atoms. The number of nitrogens with zero attached hydrogens (tertiary/aromatic N) is 5.